The molecule has 0 saturated carbocycles. The summed E-state index contributed by atoms with van der Waals surface area (Å²) < 4.78 is 1.09. The monoisotopic (exact) mass is 559 g/mol. The van der Waals surface area contributed by atoms with Crippen LogP contribution in [0.4, 0.5) is 0 Å². The summed E-state index contributed by atoms with van der Waals surface area (Å²) in [4.78, 5) is 8.87. The summed E-state index contributed by atoms with van der Waals surface area (Å²) in [7, 11) is 0. The lowest BCUT2D eigenvalue weighted by Gasteiger charge is -2.19. The zero-order chi connectivity index (χ0) is 26.3. The molecule has 0 bridgehead atoms. The Hall–Kier alpha value is -2.93. The lowest BCUT2D eigenvalue weighted by Crippen LogP contribution is -2.38. The molecule has 1 N–H and O–H groups in total. The summed E-state index contributed by atoms with van der Waals surface area (Å²) in [6, 6.07) is 15.7. The smallest absolute Gasteiger partial charge is 0.333 e. The molecule has 0 atom stereocenters. The predicted octanol–water partition coefficient (Wildman–Crippen LogP) is 6.56. The molecule has 4 heterocycles. The normalized spacial score (nSPS) is 14.5. The molecule has 6 rings (SSSR count). The first kappa shape index (κ1) is 28.6. The zero-order valence-electron chi connectivity index (χ0n) is 20.3. The van der Waals surface area contributed by atoms with Crippen LogP contribution in [0.5, 0.6) is 0 Å². The highest BCUT2D eigenvalue weighted by Crippen LogP contribution is 2.46. The fourth-order valence-electron chi connectivity index (χ4n) is 4.95. The standard InChI is InChI=1S/C13H13N2O2.C13H12N2.CHCl3.CH4/c1-13(2)9-5-3-7-14(16)11(9)12-10(13)6-4-8-15(12)17;1-13(2)9-5-3-7-14-11(9)12-10(13)6-4-8-15-12;2-1(3)4;/h3-8,16H,1-2H3;3-8H,1-2H3;1H;1H4/q+1;;;. The van der Waals surface area contributed by atoms with E-state index in [9.17, 15) is 10.4 Å². The maximum atomic E-state index is 11.9. The van der Waals surface area contributed by atoms with Crippen molar-refractivity contribution in [2.45, 2.75) is 50.2 Å². The Labute approximate surface area is 232 Å². The van der Waals surface area contributed by atoms with Gasteiger partial charge in [0.05, 0.1) is 11.4 Å². The number of nitrogens with zero attached hydrogens (tertiary/aromatic N) is 4. The van der Waals surface area contributed by atoms with Gasteiger partial charge in [0.15, 0.2) is 10.5 Å². The Morgan fingerprint density at radius 3 is 1.65 bits per heavy atom. The maximum absolute atomic E-state index is 11.9. The summed E-state index contributed by atoms with van der Waals surface area (Å²) in [5.74, 6) is 0. The third-order valence-corrected chi connectivity index (χ3v) is 6.69. The Bertz CT molecular complexity index is 1320. The van der Waals surface area contributed by atoms with E-state index >= 15 is 0 Å². The Kier molecular flexibility index (Phi) is 8.37. The summed E-state index contributed by atoms with van der Waals surface area (Å²) in [6.07, 6.45) is 6.66. The molecule has 0 amide bonds. The lowest BCUT2D eigenvalue weighted by atomic mass is 9.83. The van der Waals surface area contributed by atoms with Gasteiger partial charge in [-0.3, -0.25) is 15.2 Å². The molecule has 0 radical (unpaired) electrons. The van der Waals surface area contributed by atoms with E-state index in [2.05, 4.69) is 49.8 Å². The molecule has 6 nitrogen and oxygen atoms in total. The van der Waals surface area contributed by atoms with Gasteiger partial charge in [-0.05, 0) is 35.4 Å². The van der Waals surface area contributed by atoms with Crippen LogP contribution in [-0.4, -0.2) is 19.5 Å². The van der Waals surface area contributed by atoms with E-state index < -0.39 is 4.30 Å². The third-order valence-electron chi connectivity index (χ3n) is 6.69. The minimum atomic E-state index is -0.750. The molecule has 0 aliphatic heterocycles. The average molecular weight is 561 g/mol. The van der Waals surface area contributed by atoms with Crippen LogP contribution >= 0.6 is 34.8 Å². The van der Waals surface area contributed by atoms with Crippen molar-refractivity contribution < 1.29 is 14.7 Å². The van der Waals surface area contributed by atoms with Gasteiger partial charge >= 0.3 is 5.69 Å². The first-order valence-corrected chi connectivity index (χ1v) is 12.6. The number of hydrogen-bond acceptors (Lipinski definition) is 4. The topological polar surface area (TPSA) is 76.8 Å². The molecule has 194 valence electrons. The molecule has 9 heteroatoms. The van der Waals surface area contributed by atoms with Crippen molar-refractivity contribution in [3.05, 3.63) is 101 Å². The highest BCUT2D eigenvalue weighted by molar-refractivity contribution is 6.63. The third kappa shape index (κ3) is 5.11. The number of pyridine rings is 4. The number of hydrogen-bond donors (Lipinski definition) is 1. The second-order valence-electron chi connectivity index (χ2n) is 9.51. The Morgan fingerprint density at radius 1 is 0.730 bits per heavy atom. The number of alkyl halides is 3. The van der Waals surface area contributed by atoms with E-state index in [1.165, 1.54) is 23.5 Å². The number of halogens is 3. The minimum Gasteiger partial charge on any atom is -0.618 e. The van der Waals surface area contributed by atoms with Crippen molar-refractivity contribution in [1.29, 1.82) is 0 Å². The Morgan fingerprint density at radius 2 is 1.14 bits per heavy atom. The first-order valence-electron chi connectivity index (χ1n) is 11.3. The van der Waals surface area contributed by atoms with Crippen molar-refractivity contribution in [2.75, 3.05) is 0 Å². The average Bonchev–Trinajstić information content (AvgIpc) is 3.21. The first-order chi connectivity index (χ1) is 17.0. The van der Waals surface area contributed by atoms with Crippen LogP contribution in [-0.2, 0) is 10.8 Å². The number of aromatic nitrogens is 4. The summed E-state index contributed by atoms with van der Waals surface area (Å²) in [5.41, 5.74) is 7.44. The minimum absolute atomic E-state index is 0. The van der Waals surface area contributed by atoms with Gasteiger partial charge < -0.3 is 5.21 Å². The molecule has 2 aliphatic carbocycles. The van der Waals surface area contributed by atoms with Crippen molar-refractivity contribution in [3.8, 4) is 22.8 Å². The number of fused-ring (bicyclic) bond motifs is 6. The van der Waals surface area contributed by atoms with E-state index in [1.54, 1.807) is 12.1 Å². The van der Waals surface area contributed by atoms with Gasteiger partial charge in [0.1, 0.15) is 0 Å². The van der Waals surface area contributed by atoms with Crippen molar-refractivity contribution in [1.82, 2.24) is 9.97 Å². The van der Waals surface area contributed by atoms with Gasteiger partial charge in [-0.2, -0.15) is 4.73 Å². The molecule has 0 spiro atoms. The molecule has 4 aromatic heterocycles. The van der Waals surface area contributed by atoms with Gasteiger partial charge in [-0.25, -0.2) is 0 Å². The van der Waals surface area contributed by atoms with Gasteiger partial charge in [-0.15, -0.1) is 0 Å². The second-order valence-corrected chi connectivity index (χ2v) is 11.5. The van der Waals surface area contributed by atoms with Gasteiger partial charge in [0, 0.05) is 51.2 Å². The molecule has 4 aromatic rings. The Balaban J connectivity index is 0.000000177. The van der Waals surface area contributed by atoms with Crippen LogP contribution < -0.4 is 9.46 Å². The molecule has 37 heavy (non-hydrogen) atoms. The fraction of sp³-hybridized carbons (Fsp3) is 0.286. The van der Waals surface area contributed by atoms with E-state index in [4.69, 9.17) is 34.8 Å². The van der Waals surface area contributed by atoms with Gasteiger partial charge in [-0.1, -0.05) is 82.1 Å². The van der Waals surface area contributed by atoms with Crippen LogP contribution in [0.1, 0.15) is 57.4 Å². The van der Waals surface area contributed by atoms with Crippen molar-refractivity contribution in [2.24, 2.45) is 0 Å². The molecule has 0 saturated heterocycles. The largest absolute Gasteiger partial charge is 0.618 e. The maximum Gasteiger partial charge on any atom is 0.333 e. The molecule has 2 aliphatic rings. The molecule has 0 aromatic carbocycles. The SMILES string of the molecule is C.CC1(C)c2ccc[n+]([O-])c2-c2c1ccc[n+]2O.CC1(C)c2cccnc2-c2ncccc21.ClC(Cl)Cl. The van der Waals surface area contributed by atoms with Crippen LogP contribution in [0.25, 0.3) is 22.8 Å². The van der Waals surface area contributed by atoms with E-state index in [0.717, 1.165) is 32.0 Å². The van der Waals surface area contributed by atoms with Gasteiger partial charge in [0.2, 0.25) is 6.20 Å². The highest BCUT2D eigenvalue weighted by atomic mass is 35.6. The summed E-state index contributed by atoms with van der Waals surface area (Å²) in [6.45, 7) is 8.55. The predicted molar refractivity (Wildman–Crippen MR) is 148 cm³/mol. The lowest BCUT2D eigenvalue weighted by molar-refractivity contribution is -0.898. The van der Waals surface area contributed by atoms with E-state index in [-0.39, 0.29) is 18.3 Å². The summed E-state index contributed by atoms with van der Waals surface area (Å²) in [5, 5.41) is 21.8. The molecular formula is C28H30Cl3N4O2+. The molecular weight excluding hydrogens is 531 g/mol. The van der Waals surface area contributed by atoms with Crippen molar-refractivity contribution >= 4 is 34.8 Å². The van der Waals surface area contributed by atoms with Crippen molar-refractivity contribution in [3.63, 3.8) is 0 Å². The quantitative estimate of drug-likeness (QED) is 0.114. The van der Waals surface area contributed by atoms with Crippen LogP contribution in [0.2, 0.25) is 0 Å². The number of rotatable bonds is 0. The molecule has 0 unspecified atom stereocenters. The second kappa shape index (κ2) is 10.8. The summed E-state index contributed by atoms with van der Waals surface area (Å²) >= 11 is 14.4. The highest BCUT2D eigenvalue weighted by Gasteiger charge is 2.47. The van der Waals surface area contributed by atoms with Crippen LogP contribution in [0.3, 0.4) is 0 Å². The van der Waals surface area contributed by atoms with Gasteiger partial charge in [0.25, 0.3) is 5.69 Å². The fourth-order valence-corrected chi connectivity index (χ4v) is 4.95. The van der Waals surface area contributed by atoms with E-state index in [1.807, 2.05) is 36.7 Å². The van der Waals surface area contributed by atoms with Crippen LogP contribution in [0, 0.1) is 5.21 Å². The molecule has 0 fully saturated rings. The zero-order valence-corrected chi connectivity index (χ0v) is 22.6. The van der Waals surface area contributed by atoms with Crippen LogP contribution in [0.15, 0.2) is 73.3 Å². The van der Waals surface area contributed by atoms with E-state index in [0.29, 0.717) is 11.4 Å².